The highest BCUT2D eigenvalue weighted by atomic mass is 16.5. The second-order valence-corrected chi connectivity index (χ2v) is 8.49. The van der Waals surface area contributed by atoms with E-state index < -0.39 is 0 Å². The van der Waals surface area contributed by atoms with Gasteiger partial charge in [-0.05, 0) is 63.2 Å². The molecule has 1 unspecified atom stereocenters. The van der Waals surface area contributed by atoms with Crippen molar-refractivity contribution >= 4 is 11.8 Å². The van der Waals surface area contributed by atoms with Crippen molar-refractivity contribution < 1.29 is 14.3 Å². The lowest BCUT2D eigenvalue weighted by Gasteiger charge is -2.35. The van der Waals surface area contributed by atoms with Crippen molar-refractivity contribution in [3.05, 3.63) is 29.8 Å². The summed E-state index contributed by atoms with van der Waals surface area (Å²) in [7, 11) is 1.67. The van der Waals surface area contributed by atoms with Crippen LogP contribution >= 0.6 is 0 Å². The smallest absolute Gasteiger partial charge is 0.222 e. The first-order valence-corrected chi connectivity index (χ1v) is 11.6. The highest BCUT2D eigenvalue weighted by Crippen LogP contribution is 2.21. The molecule has 30 heavy (non-hydrogen) atoms. The summed E-state index contributed by atoms with van der Waals surface area (Å²) >= 11 is 0. The lowest BCUT2D eigenvalue weighted by atomic mass is 9.98. The number of carbonyl (C=O) groups is 2. The summed E-state index contributed by atoms with van der Waals surface area (Å²) in [6.45, 7) is 4.28. The molecule has 6 heteroatoms. The molecule has 6 nitrogen and oxygen atoms in total. The largest absolute Gasteiger partial charge is 0.496 e. The zero-order valence-corrected chi connectivity index (χ0v) is 18.4. The van der Waals surface area contributed by atoms with Gasteiger partial charge in [0.15, 0.2) is 0 Å². The fourth-order valence-corrected chi connectivity index (χ4v) is 4.66. The van der Waals surface area contributed by atoms with Crippen molar-refractivity contribution in [3.63, 3.8) is 0 Å². The molecule has 2 heterocycles. The minimum atomic E-state index is 0.153. The van der Waals surface area contributed by atoms with Gasteiger partial charge in [-0.2, -0.15) is 0 Å². The standard InChI is InChI=1S/C24H37N3O3/c1-30-22-11-3-2-9-20(22)12-13-24(29)27-17-7-6-16-26-15-5-4-10-21(26)19-23(28)25-14-8-18-27/h2-3,9,11,21H,4-8,10,12-19H2,1H3,(H,25,28). The second kappa shape index (κ2) is 11.9. The van der Waals surface area contributed by atoms with E-state index in [0.717, 1.165) is 56.6 Å². The van der Waals surface area contributed by atoms with Crippen LogP contribution in [0.3, 0.4) is 0 Å². The van der Waals surface area contributed by atoms with Gasteiger partial charge in [0.2, 0.25) is 11.8 Å². The number of hydrogen-bond donors (Lipinski definition) is 1. The first kappa shape index (κ1) is 22.6. The van der Waals surface area contributed by atoms with Gasteiger partial charge in [-0.25, -0.2) is 0 Å². The van der Waals surface area contributed by atoms with Crippen LogP contribution in [0.5, 0.6) is 5.75 Å². The SMILES string of the molecule is COc1ccccc1CCC(=O)N1CCCCN2CCCCC2CC(=O)NCCC1. The van der Waals surface area contributed by atoms with E-state index in [0.29, 0.717) is 38.4 Å². The Morgan fingerprint density at radius 2 is 1.80 bits per heavy atom. The molecule has 1 atom stereocenters. The van der Waals surface area contributed by atoms with Crippen molar-refractivity contribution in [2.45, 2.75) is 63.8 Å². The molecule has 0 aromatic heterocycles. The fourth-order valence-electron chi connectivity index (χ4n) is 4.66. The van der Waals surface area contributed by atoms with Gasteiger partial charge >= 0.3 is 0 Å². The third-order valence-corrected chi connectivity index (χ3v) is 6.37. The van der Waals surface area contributed by atoms with Gasteiger partial charge in [0.25, 0.3) is 0 Å². The maximum Gasteiger partial charge on any atom is 0.222 e. The first-order chi connectivity index (χ1) is 14.7. The van der Waals surface area contributed by atoms with Crippen molar-refractivity contribution in [2.75, 3.05) is 39.8 Å². The van der Waals surface area contributed by atoms with Crippen LogP contribution in [0.4, 0.5) is 0 Å². The van der Waals surface area contributed by atoms with E-state index in [1.165, 1.54) is 12.8 Å². The molecule has 0 bridgehead atoms. The van der Waals surface area contributed by atoms with E-state index in [4.69, 9.17) is 4.74 Å². The van der Waals surface area contributed by atoms with E-state index in [1.54, 1.807) is 7.11 Å². The average molecular weight is 416 g/mol. The van der Waals surface area contributed by atoms with Crippen LogP contribution < -0.4 is 10.1 Å². The molecule has 0 saturated carbocycles. The van der Waals surface area contributed by atoms with Crippen LogP contribution in [0, 0.1) is 0 Å². The van der Waals surface area contributed by atoms with Crippen molar-refractivity contribution in [2.24, 2.45) is 0 Å². The molecular formula is C24H37N3O3. The Morgan fingerprint density at radius 3 is 2.63 bits per heavy atom. The summed E-state index contributed by atoms with van der Waals surface area (Å²) < 4.78 is 5.41. The van der Waals surface area contributed by atoms with E-state index in [-0.39, 0.29) is 11.8 Å². The second-order valence-electron chi connectivity index (χ2n) is 8.49. The molecule has 2 saturated heterocycles. The summed E-state index contributed by atoms with van der Waals surface area (Å²) in [5.74, 6) is 1.19. The number of para-hydroxylation sites is 1. The first-order valence-electron chi connectivity index (χ1n) is 11.6. The van der Waals surface area contributed by atoms with Crippen LogP contribution in [-0.4, -0.2) is 67.5 Å². The number of nitrogens with one attached hydrogen (secondary N) is 1. The molecule has 0 spiro atoms. The van der Waals surface area contributed by atoms with Crippen LogP contribution in [0.25, 0.3) is 0 Å². The minimum Gasteiger partial charge on any atom is -0.496 e. The molecule has 0 aliphatic carbocycles. The molecule has 1 aromatic carbocycles. The predicted octanol–water partition coefficient (Wildman–Crippen LogP) is 3.00. The number of fused-ring (bicyclic) bond motifs is 1. The Bertz CT molecular complexity index is 694. The summed E-state index contributed by atoms with van der Waals surface area (Å²) in [4.78, 5) is 29.8. The Hall–Kier alpha value is -2.08. The van der Waals surface area contributed by atoms with Gasteiger partial charge in [-0.3, -0.25) is 14.5 Å². The zero-order valence-electron chi connectivity index (χ0n) is 18.4. The molecule has 0 radical (unpaired) electrons. The minimum absolute atomic E-state index is 0.153. The third kappa shape index (κ3) is 6.73. The maximum atomic E-state index is 12.9. The molecule has 2 aliphatic rings. The average Bonchev–Trinajstić information content (AvgIpc) is 2.78. The molecule has 166 valence electrons. The lowest BCUT2D eigenvalue weighted by Crippen LogP contribution is -2.43. The van der Waals surface area contributed by atoms with Gasteiger partial charge in [-0.15, -0.1) is 0 Å². The number of piperidine rings is 1. The van der Waals surface area contributed by atoms with E-state index in [2.05, 4.69) is 10.2 Å². The fraction of sp³-hybridized carbons (Fsp3) is 0.667. The molecular weight excluding hydrogens is 378 g/mol. The number of nitrogens with zero attached hydrogens (tertiary/aromatic N) is 2. The van der Waals surface area contributed by atoms with Gasteiger partial charge < -0.3 is 15.0 Å². The lowest BCUT2D eigenvalue weighted by molar-refractivity contribution is -0.131. The van der Waals surface area contributed by atoms with E-state index in [9.17, 15) is 9.59 Å². The highest BCUT2D eigenvalue weighted by Gasteiger charge is 2.24. The number of carbonyl (C=O) groups excluding carboxylic acids is 2. The number of methoxy groups -OCH3 is 1. The van der Waals surface area contributed by atoms with Gasteiger partial charge in [0, 0.05) is 38.5 Å². The summed E-state index contributed by atoms with van der Waals surface area (Å²) in [5.41, 5.74) is 1.07. The van der Waals surface area contributed by atoms with Crippen LogP contribution in [0.1, 0.15) is 56.9 Å². The highest BCUT2D eigenvalue weighted by molar-refractivity contribution is 5.77. The molecule has 2 aliphatic heterocycles. The zero-order chi connectivity index (χ0) is 21.2. The van der Waals surface area contributed by atoms with Crippen LogP contribution in [0.2, 0.25) is 0 Å². The third-order valence-electron chi connectivity index (χ3n) is 6.37. The summed E-state index contributed by atoms with van der Waals surface area (Å²) in [6.07, 6.45) is 8.27. The Morgan fingerprint density at radius 1 is 1.07 bits per heavy atom. The normalized spacial score (nSPS) is 22.1. The van der Waals surface area contributed by atoms with Gasteiger partial charge in [-0.1, -0.05) is 24.6 Å². The van der Waals surface area contributed by atoms with Crippen LogP contribution in [0.15, 0.2) is 24.3 Å². The quantitative estimate of drug-likeness (QED) is 0.821. The van der Waals surface area contributed by atoms with Crippen LogP contribution in [-0.2, 0) is 16.0 Å². The number of rotatable bonds is 4. The number of amides is 2. The van der Waals surface area contributed by atoms with Crippen molar-refractivity contribution in [3.8, 4) is 5.75 Å². The number of hydrogen-bond acceptors (Lipinski definition) is 4. The Balaban J connectivity index is 1.55. The monoisotopic (exact) mass is 415 g/mol. The van der Waals surface area contributed by atoms with Gasteiger partial charge in [0.05, 0.1) is 7.11 Å². The van der Waals surface area contributed by atoms with E-state index in [1.807, 2.05) is 29.2 Å². The predicted molar refractivity (Wildman–Crippen MR) is 119 cm³/mol. The van der Waals surface area contributed by atoms with Crippen molar-refractivity contribution in [1.82, 2.24) is 15.1 Å². The van der Waals surface area contributed by atoms with Crippen molar-refractivity contribution in [1.29, 1.82) is 0 Å². The van der Waals surface area contributed by atoms with E-state index >= 15 is 0 Å². The van der Waals surface area contributed by atoms with Gasteiger partial charge in [0.1, 0.15) is 5.75 Å². The molecule has 1 aromatic rings. The Labute approximate surface area is 180 Å². The molecule has 2 fully saturated rings. The Kier molecular flexibility index (Phi) is 9.00. The number of ether oxygens (including phenoxy) is 1. The number of benzene rings is 1. The molecule has 1 N–H and O–H groups in total. The number of aryl methyl sites for hydroxylation is 1. The topological polar surface area (TPSA) is 61.9 Å². The maximum absolute atomic E-state index is 12.9. The molecule has 2 amide bonds. The molecule has 3 rings (SSSR count). The summed E-state index contributed by atoms with van der Waals surface area (Å²) in [6, 6.07) is 8.28. The summed E-state index contributed by atoms with van der Waals surface area (Å²) in [5, 5.41) is 3.07.